The number of hydrogen-bond acceptors (Lipinski definition) is 7. The van der Waals surface area contributed by atoms with Gasteiger partial charge in [-0.25, -0.2) is 23.1 Å². The van der Waals surface area contributed by atoms with E-state index in [1.165, 1.54) is 6.33 Å². The zero-order valence-electron chi connectivity index (χ0n) is 13.8. The molecule has 0 radical (unpaired) electrons. The molecule has 3 rings (SSSR count). The maximum Gasteiger partial charge on any atom is 0.240 e. The first-order chi connectivity index (χ1) is 12.1. The molecule has 0 spiro atoms. The average Bonchev–Trinajstić information content (AvgIpc) is 2.67. The van der Waals surface area contributed by atoms with E-state index in [-0.39, 0.29) is 11.4 Å². The number of rotatable bonds is 7. The highest BCUT2D eigenvalue weighted by molar-refractivity contribution is 7.89. The van der Waals surface area contributed by atoms with Gasteiger partial charge in [0.05, 0.1) is 18.1 Å². The Morgan fingerprint density at radius 1 is 1.08 bits per heavy atom. The molecule has 134 valence electrons. The van der Waals surface area contributed by atoms with Gasteiger partial charge in [0.1, 0.15) is 18.0 Å². The minimum absolute atomic E-state index is 0.256. The van der Waals surface area contributed by atoms with Crippen molar-refractivity contribution in [2.75, 3.05) is 49.6 Å². The van der Waals surface area contributed by atoms with E-state index < -0.39 is 10.0 Å². The van der Waals surface area contributed by atoms with Crippen molar-refractivity contribution in [1.82, 2.24) is 14.7 Å². The molecular formula is C16H21N5O3S. The van der Waals surface area contributed by atoms with Crippen LogP contribution in [0.25, 0.3) is 0 Å². The molecule has 1 saturated heterocycles. The van der Waals surface area contributed by atoms with Crippen molar-refractivity contribution < 1.29 is 13.2 Å². The van der Waals surface area contributed by atoms with E-state index in [9.17, 15) is 8.42 Å². The average molecular weight is 363 g/mol. The topological polar surface area (TPSA) is 96.5 Å². The quantitative estimate of drug-likeness (QED) is 0.699. The Balaban J connectivity index is 1.51. The van der Waals surface area contributed by atoms with Crippen LogP contribution in [0.3, 0.4) is 0 Å². The summed E-state index contributed by atoms with van der Waals surface area (Å²) in [6.07, 6.45) is 1.50. The molecule has 0 atom stereocenters. The Hall–Kier alpha value is -2.23. The van der Waals surface area contributed by atoms with Crippen molar-refractivity contribution >= 4 is 21.7 Å². The molecule has 2 heterocycles. The van der Waals surface area contributed by atoms with Gasteiger partial charge in [0, 0.05) is 32.2 Å². The first kappa shape index (κ1) is 17.6. The summed E-state index contributed by atoms with van der Waals surface area (Å²) in [6.45, 7) is 3.66. The summed E-state index contributed by atoms with van der Waals surface area (Å²) in [5.41, 5.74) is 0. The van der Waals surface area contributed by atoms with Crippen LogP contribution in [0.4, 0.5) is 11.6 Å². The Bertz CT molecular complexity index is 779. The predicted octanol–water partition coefficient (Wildman–Crippen LogP) is 0.704. The van der Waals surface area contributed by atoms with Crippen LogP contribution in [-0.2, 0) is 14.8 Å². The highest BCUT2D eigenvalue weighted by Crippen LogP contribution is 2.15. The number of benzene rings is 1. The van der Waals surface area contributed by atoms with E-state index >= 15 is 0 Å². The second-order valence-corrected chi connectivity index (χ2v) is 7.27. The fraction of sp³-hybridized carbons (Fsp3) is 0.375. The second-order valence-electron chi connectivity index (χ2n) is 5.50. The van der Waals surface area contributed by atoms with Gasteiger partial charge in [0.15, 0.2) is 0 Å². The smallest absolute Gasteiger partial charge is 0.240 e. The van der Waals surface area contributed by atoms with Crippen molar-refractivity contribution in [2.24, 2.45) is 0 Å². The van der Waals surface area contributed by atoms with Crippen LogP contribution < -0.4 is 14.9 Å². The summed E-state index contributed by atoms with van der Waals surface area (Å²) < 4.78 is 32.1. The maximum atomic E-state index is 12.1. The normalized spacial score (nSPS) is 15.1. The van der Waals surface area contributed by atoms with E-state index in [0.717, 1.165) is 18.9 Å². The minimum atomic E-state index is -3.48. The van der Waals surface area contributed by atoms with Gasteiger partial charge in [0.2, 0.25) is 10.0 Å². The summed E-state index contributed by atoms with van der Waals surface area (Å²) in [6, 6.07) is 10.2. The number of anilines is 2. The lowest BCUT2D eigenvalue weighted by Crippen LogP contribution is -2.36. The summed E-state index contributed by atoms with van der Waals surface area (Å²) in [7, 11) is -3.48. The van der Waals surface area contributed by atoms with Crippen molar-refractivity contribution in [3.63, 3.8) is 0 Å². The molecule has 0 amide bonds. The van der Waals surface area contributed by atoms with Gasteiger partial charge in [0.25, 0.3) is 0 Å². The third-order valence-electron chi connectivity index (χ3n) is 3.76. The number of ether oxygens (including phenoxy) is 1. The first-order valence-corrected chi connectivity index (χ1v) is 9.57. The van der Waals surface area contributed by atoms with Crippen LogP contribution >= 0.6 is 0 Å². The number of hydrogen-bond donors (Lipinski definition) is 2. The molecule has 1 aromatic heterocycles. The molecule has 2 N–H and O–H groups in total. The number of nitrogens with zero attached hydrogens (tertiary/aromatic N) is 3. The van der Waals surface area contributed by atoms with E-state index in [1.807, 2.05) is 6.07 Å². The van der Waals surface area contributed by atoms with Crippen molar-refractivity contribution in [1.29, 1.82) is 0 Å². The molecule has 1 aromatic carbocycles. The van der Waals surface area contributed by atoms with Crippen molar-refractivity contribution in [2.45, 2.75) is 4.90 Å². The van der Waals surface area contributed by atoms with Crippen LogP contribution in [0.15, 0.2) is 47.6 Å². The molecule has 25 heavy (non-hydrogen) atoms. The summed E-state index contributed by atoms with van der Waals surface area (Å²) in [4.78, 5) is 10.8. The number of aromatic nitrogens is 2. The molecule has 8 nitrogen and oxygen atoms in total. The highest BCUT2D eigenvalue weighted by atomic mass is 32.2. The number of morpholine rings is 1. The zero-order chi connectivity index (χ0) is 17.5. The first-order valence-electron chi connectivity index (χ1n) is 8.08. The summed E-state index contributed by atoms with van der Waals surface area (Å²) >= 11 is 0. The van der Waals surface area contributed by atoms with Crippen LogP contribution in [-0.4, -0.2) is 57.8 Å². The van der Waals surface area contributed by atoms with Crippen LogP contribution in [0.1, 0.15) is 0 Å². The molecule has 1 fully saturated rings. The Kier molecular flexibility index (Phi) is 5.79. The Morgan fingerprint density at radius 3 is 2.60 bits per heavy atom. The van der Waals surface area contributed by atoms with Crippen molar-refractivity contribution in [3.05, 3.63) is 42.7 Å². The maximum absolute atomic E-state index is 12.1. The minimum Gasteiger partial charge on any atom is -0.378 e. The molecule has 0 saturated carbocycles. The lowest BCUT2D eigenvalue weighted by molar-refractivity contribution is 0.122. The van der Waals surface area contributed by atoms with Gasteiger partial charge in [-0.2, -0.15) is 0 Å². The van der Waals surface area contributed by atoms with Crippen LogP contribution in [0.5, 0.6) is 0 Å². The fourth-order valence-electron chi connectivity index (χ4n) is 2.47. The van der Waals surface area contributed by atoms with Crippen LogP contribution in [0, 0.1) is 0 Å². The zero-order valence-corrected chi connectivity index (χ0v) is 14.6. The Morgan fingerprint density at radius 2 is 1.84 bits per heavy atom. The predicted molar refractivity (Wildman–Crippen MR) is 95.2 cm³/mol. The van der Waals surface area contributed by atoms with Gasteiger partial charge < -0.3 is 15.0 Å². The SMILES string of the molecule is O=S(=O)(NCCNc1cc(N2CCOCC2)ncn1)c1ccccc1. The third kappa shape index (κ3) is 4.88. The van der Waals surface area contributed by atoms with Crippen LogP contribution in [0.2, 0.25) is 0 Å². The summed E-state index contributed by atoms with van der Waals surface area (Å²) in [5, 5.41) is 3.11. The number of sulfonamides is 1. The number of nitrogens with one attached hydrogen (secondary N) is 2. The molecular weight excluding hydrogens is 342 g/mol. The second kappa shape index (κ2) is 8.24. The van der Waals surface area contributed by atoms with E-state index in [4.69, 9.17) is 4.74 Å². The molecule has 0 unspecified atom stereocenters. The molecule has 0 aliphatic carbocycles. The van der Waals surface area contributed by atoms with Gasteiger partial charge in [-0.1, -0.05) is 18.2 Å². The monoisotopic (exact) mass is 363 g/mol. The molecule has 9 heteroatoms. The molecule has 0 bridgehead atoms. The molecule has 1 aliphatic heterocycles. The largest absolute Gasteiger partial charge is 0.378 e. The molecule has 1 aliphatic rings. The standard InChI is InChI=1S/C16H21N5O3S/c22-25(23,14-4-2-1-3-5-14)20-7-6-17-15-12-16(19-13-18-15)21-8-10-24-11-9-21/h1-5,12-13,20H,6-11H2,(H,17,18,19). The lowest BCUT2D eigenvalue weighted by atomic mass is 10.4. The third-order valence-corrected chi connectivity index (χ3v) is 5.24. The lowest BCUT2D eigenvalue weighted by Gasteiger charge is -2.27. The Labute approximate surface area is 147 Å². The van der Waals surface area contributed by atoms with Crippen molar-refractivity contribution in [3.8, 4) is 0 Å². The fourth-order valence-corrected chi connectivity index (χ4v) is 3.52. The van der Waals surface area contributed by atoms with E-state index in [0.29, 0.717) is 25.6 Å². The molecule has 2 aromatic rings. The van der Waals surface area contributed by atoms with Gasteiger partial charge in [-0.15, -0.1) is 0 Å². The van der Waals surface area contributed by atoms with E-state index in [1.54, 1.807) is 30.3 Å². The summed E-state index contributed by atoms with van der Waals surface area (Å²) in [5.74, 6) is 1.50. The van der Waals surface area contributed by atoms with Gasteiger partial charge >= 0.3 is 0 Å². The van der Waals surface area contributed by atoms with Gasteiger partial charge in [-0.3, -0.25) is 0 Å². The van der Waals surface area contributed by atoms with E-state index in [2.05, 4.69) is 24.9 Å². The van der Waals surface area contributed by atoms with Gasteiger partial charge in [-0.05, 0) is 12.1 Å². The highest BCUT2D eigenvalue weighted by Gasteiger charge is 2.14.